The van der Waals surface area contributed by atoms with Crippen molar-refractivity contribution < 1.29 is 28.5 Å². The molecule has 0 saturated heterocycles. The molecule has 1 aromatic heterocycles. The number of fused-ring (bicyclic) bond motifs is 3. The summed E-state index contributed by atoms with van der Waals surface area (Å²) in [5, 5.41) is 2.29. The number of aromatic nitrogens is 1. The molecule has 0 bridgehead atoms. The highest BCUT2D eigenvalue weighted by Gasteiger charge is 2.34. The lowest BCUT2D eigenvalue weighted by Gasteiger charge is -2.24. The van der Waals surface area contributed by atoms with Gasteiger partial charge in [0.1, 0.15) is 6.61 Å². The zero-order valence-electron chi connectivity index (χ0n) is 25.7. The van der Waals surface area contributed by atoms with E-state index in [0.29, 0.717) is 55.8 Å². The van der Waals surface area contributed by atoms with Crippen LogP contribution in [0.4, 0.5) is 0 Å². The molecule has 0 amide bonds. The monoisotopic (exact) mass is 760 g/mol. The van der Waals surface area contributed by atoms with Crippen molar-refractivity contribution >= 4 is 56.7 Å². The molecule has 0 N–H and O–H groups in total. The van der Waals surface area contributed by atoms with Crippen LogP contribution in [0.25, 0.3) is 16.8 Å². The van der Waals surface area contributed by atoms with Crippen LogP contribution in [0.1, 0.15) is 36.6 Å². The van der Waals surface area contributed by atoms with Crippen LogP contribution < -0.4 is 33.8 Å². The van der Waals surface area contributed by atoms with E-state index in [1.807, 2.05) is 42.5 Å². The van der Waals surface area contributed by atoms with E-state index in [2.05, 4.69) is 51.8 Å². The maximum atomic E-state index is 14.1. The molecule has 0 spiro atoms. The summed E-state index contributed by atoms with van der Waals surface area (Å²) >= 11 is 3.48. The van der Waals surface area contributed by atoms with Gasteiger partial charge in [0.05, 0.1) is 39.1 Å². The summed E-state index contributed by atoms with van der Waals surface area (Å²) in [6.07, 6.45) is 1.81. The van der Waals surface area contributed by atoms with Crippen LogP contribution in [-0.2, 0) is 16.1 Å². The van der Waals surface area contributed by atoms with Crippen molar-refractivity contribution in [3.63, 3.8) is 0 Å². The number of benzene rings is 4. The van der Waals surface area contributed by atoms with Crippen LogP contribution in [-0.4, -0.2) is 31.0 Å². The second-order valence-corrected chi connectivity index (χ2v) is 13.0. The average molecular weight is 761 g/mol. The average Bonchev–Trinajstić information content (AvgIpc) is 3.66. The maximum Gasteiger partial charge on any atom is 0.338 e. The van der Waals surface area contributed by atoms with Crippen LogP contribution in [0.2, 0.25) is 0 Å². The number of thiazole rings is 1. The Morgan fingerprint density at radius 1 is 1.09 bits per heavy atom. The van der Waals surface area contributed by atoms with Crippen molar-refractivity contribution in [3.05, 3.63) is 124 Å². The molecule has 238 valence electrons. The van der Waals surface area contributed by atoms with Gasteiger partial charge in [-0.05, 0) is 94.2 Å². The Hall–Kier alpha value is -4.62. The highest BCUT2D eigenvalue weighted by molar-refractivity contribution is 14.1. The SMILES string of the molecule is CCOC(=O)C1=C(C)N=c2sc(=Cc3cc(I)c(OCc4cccc5ccccc45)c(OC)c3)c(=O)n2[C@@H]1c1ccc2c(c1)OCO2. The van der Waals surface area contributed by atoms with Crippen LogP contribution in [0.15, 0.2) is 93.9 Å². The Labute approximate surface area is 287 Å². The first kappa shape index (κ1) is 31.0. The lowest BCUT2D eigenvalue weighted by Crippen LogP contribution is -2.39. The molecule has 5 aromatic rings. The zero-order chi connectivity index (χ0) is 32.7. The highest BCUT2D eigenvalue weighted by Crippen LogP contribution is 2.39. The van der Waals surface area contributed by atoms with Gasteiger partial charge in [0, 0.05) is 0 Å². The second kappa shape index (κ2) is 12.9. The fourth-order valence-corrected chi connectivity index (χ4v) is 7.70. The summed E-state index contributed by atoms with van der Waals surface area (Å²) in [5.74, 6) is 1.80. The van der Waals surface area contributed by atoms with Gasteiger partial charge in [-0.15, -0.1) is 0 Å². The number of halogens is 1. The third-order valence-electron chi connectivity index (χ3n) is 8.03. The molecule has 11 heteroatoms. The predicted octanol–water partition coefficient (Wildman–Crippen LogP) is 5.87. The predicted molar refractivity (Wildman–Crippen MR) is 187 cm³/mol. The summed E-state index contributed by atoms with van der Waals surface area (Å²) in [6.45, 7) is 4.17. The molecule has 4 aromatic carbocycles. The van der Waals surface area contributed by atoms with Gasteiger partial charge < -0.3 is 23.7 Å². The lowest BCUT2D eigenvalue weighted by molar-refractivity contribution is -0.139. The van der Waals surface area contributed by atoms with E-state index in [4.69, 9.17) is 23.7 Å². The number of methoxy groups -OCH3 is 1. The number of rotatable bonds is 8. The lowest BCUT2D eigenvalue weighted by atomic mass is 9.95. The fourth-order valence-electron chi connectivity index (χ4n) is 5.87. The molecule has 1 atom stereocenters. The molecule has 7 rings (SSSR count). The Bertz CT molecular complexity index is 2270. The van der Waals surface area contributed by atoms with E-state index in [1.165, 1.54) is 11.3 Å². The van der Waals surface area contributed by atoms with E-state index in [9.17, 15) is 9.59 Å². The van der Waals surface area contributed by atoms with Crippen LogP contribution in [0.3, 0.4) is 0 Å². The summed E-state index contributed by atoms with van der Waals surface area (Å²) in [6, 6.07) is 22.8. The van der Waals surface area contributed by atoms with Gasteiger partial charge in [0.25, 0.3) is 5.56 Å². The first-order chi connectivity index (χ1) is 22.9. The summed E-state index contributed by atoms with van der Waals surface area (Å²) < 4.78 is 31.4. The number of hydrogen-bond acceptors (Lipinski definition) is 9. The number of carbonyl (C=O) groups is 1. The Kier molecular flexibility index (Phi) is 8.50. The molecule has 47 heavy (non-hydrogen) atoms. The van der Waals surface area contributed by atoms with E-state index >= 15 is 0 Å². The van der Waals surface area contributed by atoms with E-state index < -0.39 is 12.0 Å². The standard InChI is InChI=1S/C36H29IN2O7S/c1-4-43-35(41)31-20(2)38-36-39(32(31)23-12-13-27-28(17-23)46-19-45-27)34(40)30(47-36)16-21-14-26(37)33(29(15-21)42-3)44-18-24-10-7-9-22-8-5-6-11-25(22)24/h5-17,32H,4,18-19H2,1-3H3/t32-/m1/s1. The number of esters is 1. The minimum Gasteiger partial charge on any atom is -0.493 e. The molecule has 0 fully saturated rings. The number of hydrogen-bond donors (Lipinski definition) is 0. The quantitative estimate of drug-likeness (QED) is 0.144. The normalized spacial score (nSPS) is 15.4. The Morgan fingerprint density at radius 3 is 2.72 bits per heavy atom. The summed E-state index contributed by atoms with van der Waals surface area (Å²) in [4.78, 5) is 32.5. The molecule has 0 aliphatic carbocycles. The van der Waals surface area contributed by atoms with Gasteiger partial charge in [-0.25, -0.2) is 9.79 Å². The van der Waals surface area contributed by atoms with E-state index in [-0.39, 0.29) is 19.0 Å². The number of nitrogens with zero attached hydrogens (tertiary/aromatic N) is 2. The third kappa shape index (κ3) is 5.78. The summed E-state index contributed by atoms with van der Waals surface area (Å²) in [7, 11) is 1.60. The molecular weight excluding hydrogens is 731 g/mol. The topological polar surface area (TPSA) is 97.6 Å². The molecular formula is C36H29IN2O7S. The van der Waals surface area contributed by atoms with Gasteiger partial charge >= 0.3 is 5.97 Å². The minimum absolute atomic E-state index is 0.108. The van der Waals surface area contributed by atoms with E-state index in [1.54, 1.807) is 37.7 Å². The van der Waals surface area contributed by atoms with Crippen molar-refractivity contribution in [2.24, 2.45) is 4.99 Å². The minimum atomic E-state index is -0.763. The first-order valence-corrected chi connectivity index (χ1v) is 16.8. The van der Waals surface area contributed by atoms with Crippen LogP contribution in [0.5, 0.6) is 23.0 Å². The molecule has 0 radical (unpaired) electrons. The zero-order valence-corrected chi connectivity index (χ0v) is 28.7. The largest absolute Gasteiger partial charge is 0.493 e. The van der Waals surface area contributed by atoms with Gasteiger partial charge in [-0.1, -0.05) is 59.9 Å². The number of ether oxygens (including phenoxy) is 5. The van der Waals surface area contributed by atoms with E-state index in [0.717, 1.165) is 25.5 Å². The van der Waals surface area contributed by atoms with Crippen molar-refractivity contribution in [2.45, 2.75) is 26.5 Å². The molecule has 9 nitrogen and oxygen atoms in total. The van der Waals surface area contributed by atoms with Gasteiger partial charge in [-0.3, -0.25) is 9.36 Å². The van der Waals surface area contributed by atoms with Crippen molar-refractivity contribution in [1.82, 2.24) is 4.57 Å². The molecule has 2 aliphatic heterocycles. The smallest absolute Gasteiger partial charge is 0.338 e. The van der Waals surface area contributed by atoms with Crippen molar-refractivity contribution in [3.8, 4) is 23.0 Å². The van der Waals surface area contributed by atoms with Crippen molar-refractivity contribution in [2.75, 3.05) is 20.5 Å². The number of allylic oxidation sites excluding steroid dienone is 1. The van der Waals surface area contributed by atoms with Crippen LogP contribution in [0, 0.1) is 3.57 Å². The fraction of sp³-hybridized carbons (Fsp3) is 0.194. The molecule has 0 unspecified atom stereocenters. The van der Waals surface area contributed by atoms with Crippen LogP contribution >= 0.6 is 33.9 Å². The first-order valence-electron chi connectivity index (χ1n) is 14.9. The Balaban J connectivity index is 1.27. The Morgan fingerprint density at radius 2 is 1.89 bits per heavy atom. The van der Waals surface area contributed by atoms with Gasteiger partial charge in [-0.2, -0.15) is 0 Å². The second-order valence-electron chi connectivity index (χ2n) is 10.9. The molecule has 0 saturated carbocycles. The maximum absolute atomic E-state index is 14.1. The van der Waals surface area contributed by atoms with Gasteiger partial charge in [0.15, 0.2) is 27.8 Å². The van der Waals surface area contributed by atoms with Gasteiger partial charge in [0.2, 0.25) is 6.79 Å². The third-order valence-corrected chi connectivity index (χ3v) is 9.82. The molecule has 2 aliphatic rings. The highest BCUT2D eigenvalue weighted by atomic mass is 127. The van der Waals surface area contributed by atoms with Crippen molar-refractivity contribution in [1.29, 1.82) is 0 Å². The summed E-state index contributed by atoms with van der Waals surface area (Å²) in [5.41, 5.74) is 3.02. The number of carbonyl (C=O) groups excluding carboxylic acids is 1. The molecule has 3 heterocycles.